The number of aromatic hydroxyl groups is 6. The molecule has 20 heteroatoms. The van der Waals surface area contributed by atoms with E-state index in [-0.39, 0.29) is 32.8 Å². The first-order valence-electron chi connectivity index (χ1n) is 14.2. The fraction of sp³-hybridized carbons (Fsp3) is 0. The third-order valence-corrected chi connectivity index (χ3v) is 10.5. The first-order valence-corrected chi connectivity index (χ1v) is 18.0. The molecule has 0 fully saturated rings. The predicted molar refractivity (Wildman–Crippen MR) is 190 cm³/mol. The van der Waals surface area contributed by atoms with Crippen molar-refractivity contribution in [2.45, 2.75) is 9.79 Å². The van der Waals surface area contributed by atoms with Crippen molar-refractivity contribution in [3.05, 3.63) is 106 Å². The zero-order chi connectivity index (χ0) is 38.1. The molecule has 0 aromatic heterocycles. The largest absolute Gasteiger partial charge is 0.504 e. The van der Waals surface area contributed by atoms with E-state index in [4.69, 9.17) is 23.2 Å². The van der Waals surface area contributed by atoms with Crippen LogP contribution in [0.25, 0.3) is 0 Å². The van der Waals surface area contributed by atoms with E-state index in [1.54, 1.807) is 0 Å². The van der Waals surface area contributed by atoms with Crippen LogP contribution in [0.4, 0.5) is 22.7 Å². The fourth-order valence-corrected chi connectivity index (χ4v) is 7.41. The molecule has 5 aromatic rings. The number of rotatable bonds is 10. The second-order valence-electron chi connectivity index (χ2n) is 10.6. The summed E-state index contributed by atoms with van der Waals surface area (Å²) in [5, 5.41) is 66.5. The van der Waals surface area contributed by atoms with Gasteiger partial charge in [0.25, 0.3) is 31.9 Å². The van der Waals surface area contributed by atoms with Gasteiger partial charge in [-0.3, -0.25) is 19.0 Å². The minimum atomic E-state index is -4.68. The van der Waals surface area contributed by atoms with Gasteiger partial charge in [0.15, 0.2) is 23.0 Å². The van der Waals surface area contributed by atoms with Crippen LogP contribution in [0.2, 0.25) is 10.0 Å². The van der Waals surface area contributed by atoms with Gasteiger partial charge < -0.3 is 41.3 Å². The molecule has 0 saturated heterocycles. The van der Waals surface area contributed by atoms with Gasteiger partial charge in [0.2, 0.25) is 11.5 Å². The van der Waals surface area contributed by atoms with Crippen molar-refractivity contribution < 1.29 is 57.1 Å². The molecule has 5 aromatic carbocycles. The van der Waals surface area contributed by atoms with E-state index < -0.39 is 87.3 Å². The zero-order valence-electron chi connectivity index (χ0n) is 25.8. The number of amides is 2. The van der Waals surface area contributed by atoms with Crippen molar-refractivity contribution in [1.29, 1.82) is 0 Å². The second-order valence-corrected chi connectivity index (χ2v) is 14.7. The van der Waals surface area contributed by atoms with E-state index in [9.17, 15) is 57.1 Å². The number of anilines is 4. The van der Waals surface area contributed by atoms with Crippen LogP contribution < -0.4 is 20.1 Å². The number of phenols is 6. The van der Waals surface area contributed by atoms with Crippen LogP contribution in [0.1, 0.15) is 20.7 Å². The highest BCUT2D eigenvalue weighted by Crippen LogP contribution is 2.44. The minimum absolute atomic E-state index is 0.00349. The van der Waals surface area contributed by atoms with Crippen molar-refractivity contribution >= 4 is 77.8 Å². The summed E-state index contributed by atoms with van der Waals surface area (Å²) < 4.78 is 56.4. The Morgan fingerprint density at radius 1 is 0.481 bits per heavy atom. The van der Waals surface area contributed by atoms with E-state index in [2.05, 4.69) is 20.1 Å². The summed E-state index contributed by atoms with van der Waals surface area (Å²) in [7, 11) is -9.35. The normalized spacial score (nSPS) is 11.4. The maximum absolute atomic E-state index is 13.1. The maximum atomic E-state index is 13.1. The number of carbonyl (C=O) groups excluding carboxylic acids is 2. The number of nitrogens with one attached hydrogen (secondary N) is 4. The molecule has 270 valence electrons. The van der Waals surface area contributed by atoms with Crippen LogP contribution in [0, 0.1) is 0 Å². The van der Waals surface area contributed by atoms with Crippen molar-refractivity contribution in [2.24, 2.45) is 0 Å². The van der Waals surface area contributed by atoms with Gasteiger partial charge in [0.05, 0.1) is 32.5 Å². The van der Waals surface area contributed by atoms with Gasteiger partial charge in [0, 0.05) is 11.4 Å². The quantitative estimate of drug-likeness (QED) is 0.0804. The Hall–Kier alpha value is -6.08. The molecule has 16 nitrogen and oxygen atoms in total. The zero-order valence-corrected chi connectivity index (χ0v) is 28.9. The monoisotopic (exact) mass is 790 g/mol. The van der Waals surface area contributed by atoms with Crippen LogP contribution in [-0.4, -0.2) is 59.3 Å². The molecule has 0 spiro atoms. The maximum Gasteiger partial charge on any atom is 0.265 e. The van der Waals surface area contributed by atoms with E-state index in [1.165, 1.54) is 72.8 Å². The Labute approximate surface area is 304 Å². The number of benzene rings is 5. The molecule has 2 amide bonds. The number of carbonyl (C=O) groups is 2. The lowest BCUT2D eigenvalue weighted by Gasteiger charge is -2.15. The van der Waals surface area contributed by atoms with Crippen LogP contribution in [0.5, 0.6) is 34.5 Å². The van der Waals surface area contributed by atoms with E-state index in [1.807, 2.05) is 0 Å². The van der Waals surface area contributed by atoms with Gasteiger partial charge in [-0.05, 0) is 60.7 Å². The van der Waals surface area contributed by atoms with Crippen LogP contribution in [-0.2, 0) is 20.0 Å². The number of phenolic OH excluding ortho intramolecular Hbond substituents is 6. The molecule has 0 aliphatic rings. The Morgan fingerprint density at radius 2 is 0.808 bits per heavy atom. The molecule has 0 heterocycles. The highest BCUT2D eigenvalue weighted by molar-refractivity contribution is 7.93. The first kappa shape index (κ1) is 37.2. The van der Waals surface area contributed by atoms with E-state index in [0.29, 0.717) is 12.1 Å². The molecule has 0 bridgehead atoms. The van der Waals surface area contributed by atoms with Crippen molar-refractivity contribution in [3.8, 4) is 34.5 Å². The summed E-state index contributed by atoms with van der Waals surface area (Å²) in [4.78, 5) is 24.2. The lowest BCUT2D eigenvalue weighted by atomic mass is 10.1. The highest BCUT2D eigenvalue weighted by Gasteiger charge is 2.30. The molecule has 52 heavy (non-hydrogen) atoms. The number of sulfonamides is 2. The average Bonchev–Trinajstić information content (AvgIpc) is 3.08. The SMILES string of the molecule is O=C(Nc1ccc(NC(=O)c2cc(S(=O)(=O)Nc3ccccc3Cl)c(O)c(O)c2O)cc1)c1cc(S(=O)(=O)Nc2ccccc2Cl)c(O)c(O)c1O. The summed E-state index contributed by atoms with van der Waals surface area (Å²) in [6.07, 6.45) is 0. The Morgan fingerprint density at radius 3 is 1.13 bits per heavy atom. The highest BCUT2D eigenvalue weighted by atomic mass is 35.5. The van der Waals surface area contributed by atoms with Gasteiger partial charge >= 0.3 is 0 Å². The average molecular weight is 792 g/mol. The topological polar surface area (TPSA) is 272 Å². The molecule has 0 atom stereocenters. The molecule has 0 aliphatic heterocycles. The number of para-hydroxylation sites is 2. The van der Waals surface area contributed by atoms with E-state index >= 15 is 0 Å². The smallest absolute Gasteiger partial charge is 0.265 e. The second kappa shape index (κ2) is 14.3. The van der Waals surface area contributed by atoms with Gasteiger partial charge in [0.1, 0.15) is 9.79 Å². The molecule has 0 radical (unpaired) electrons. The van der Waals surface area contributed by atoms with Gasteiger partial charge in [-0.2, -0.15) is 0 Å². The van der Waals surface area contributed by atoms with Crippen molar-refractivity contribution in [2.75, 3.05) is 20.1 Å². The number of halogens is 2. The van der Waals surface area contributed by atoms with Crippen LogP contribution >= 0.6 is 23.2 Å². The van der Waals surface area contributed by atoms with E-state index in [0.717, 1.165) is 0 Å². The summed E-state index contributed by atoms with van der Waals surface area (Å²) >= 11 is 12.0. The van der Waals surface area contributed by atoms with Crippen molar-refractivity contribution in [3.63, 3.8) is 0 Å². The van der Waals surface area contributed by atoms with Crippen LogP contribution in [0.3, 0.4) is 0 Å². The number of hydrogen-bond acceptors (Lipinski definition) is 12. The third-order valence-electron chi connectivity index (χ3n) is 7.13. The first-order chi connectivity index (χ1) is 24.4. The summed E-state index contributed by atoms with van der Waals surface area (Å²) in [5.74, 6) is -9.66. The molecule has 10 N–H and O–H groups in total. The Bertz CT molecular complexity index is 2310. The summed E-state index contributed by atoms with van der Waals surface area (Å²) in [6, 6.07) is 17.6. The molecule has 0 saturated carbocycles. The predicted octanol–water partition coefficient (Wildman–Crippen LogP) is 5.33. The molecular weight excluding hydrogens is 767 g/mol. The minimum Gasteiger partial charge on any atom is -0.504 e. The third kappa shape index (κ3) is 7.49. The Balaban J connectivity index is 1.35. The summed E-state index contributed by atoms with van der Waals surface area (Å²) in [5.41, 5.74) is -1.66. The van der Waals surface area contributed by atoms with Crippen LogP contribution in [0.15, 0.2) is 94.7 Å². The van der Waals surface area contributed by atoms with Gasteiger partial charge in [-0.15, -0.1) is 0 Å². The van der Waals surface area contributed by atoms with Gasteiger partial charge in [-0.1, -0.05) is 47.5 Å². The van der Waals surface area contributed by atoms with Crippen molar-refractivity contribution in [1.82, 2.24) is 0 Å². The number of hydrogen-bond donors (Lipinski definition) is 10. The lowest BCUT2D eigenvalue weighted by Crippen LogP contribution is -2.17. The molecule has 0 aliphatic carbocycles. The Kier molecular flexibility index (Phi) is 10.2. The summed E-state index contributed by atoms with van der Waals surface area (Å²) in [6.45, 7) is 0. The molecule has 5 rings (SSSR count). The standard InChI is InChI=1S/C32H24Cl2N4O12S2/c33-19-5-1-3-7-21(19)37-51(47,48)23-13-17(25(39)29(43)27(23)41)31(45)35-15-9-11-16(12-10-15)36-32(46)18-14-24(28(42)30(44)26(18)40)52(49,50)38-22-8-4-2-6-20(22)34/h1-14,37-44H,(H,35,45)(H,36,46). The van der Waals surface area contributed by atoms with Gasteiger partial charge in [-0.25, -0.2) is 16.8 Å². The molecule has 0 unspecified atom stereocenters. The fourth-order valence-electron chi connectivity index (χ4n) is 4.53. The molecular formula is C32H24Cl2N4O12S2. The lowest BCUT2D eigenvalue weighted by molar-refractivity contribution is 0.101.